The lowest BCUT2D eigenvalue weighted by Crippen LogP contribution is -2.32. The Labute approximate surface area is 456 Å². The Balaban J connectivity index is 0.000000188. The number of carboxylic acid groups (broad SMARTS) is 1. The highest BCUT2D eigenvalue weighted by Crippen LogP contribution is 2.35. The maximum absolute atomic E-state index is 13.3. The number of rotatable bonds is 12. The minimum absolute atomic E-state index is 0.0112. The van der Waals surface area contributed by atoms with E-state index in [9.17, 15) is 35.9 Å². The summed E-state index contributed by atoms with van der Waals surface area (Å²) in [6, 6.07) is 31.1. The normalized spacial score (nSPS) is 16.6. The van der Waals surface area contributed by atoms with E-state index < -0.39 is 43.7 Å². The number of nitrogens with two attached hydrogens (primary N) is 1. The molecule has 4 aromatic heterocycles. The van der Waals surface area contributed by atoms with E-state index >= 15 is 0 Å². The fraction of sp³-hybridized carbons (Fsp3) is 0.322. The SMILES string of the molecule is NCc1ccc(N2CCC(c3ccc(OC(F)(F)F)cc3)CC2)cc1.[2H]c1c(C)cc2c(C(=O)CCc3ccc(N4CCC(c5ccc(OC(F)(F)F)cc5)CC4)cc3)c(C([2H])([2H])[2H])nn2c1[2H].[2H]c1c(C)cc2c(C(=O)O)c(C([2H])([2H])[2H])nn2c1[2H]. The second-order valence-corrected chi connectivity index (χ2v) is 18.7. The smallest absolute Gasteiger partial charge is 0.478 e. The lowest BCUT2D eigenvalue weighted by atomic mass is 9.89. The number of nitrogens with zero attached hydrogens (tertiary/aromatic N) is 6. The molecule has 2 aliphatic rings. The molecule has 0 unspecified atom stereocenters. The van der Waals surface area contributed by atoms with Crippen LogP contribution in [0.15, 0.2) is 134 Å². The first kappa shape index (κ1) is 43.3. The molecule has 6 heterocycles. The molecule has 0 atom stereocenters. The minimum Gasteiger partial charge on any atom is -0.478 e. The number of carboxylic acids is 1. The van der Waals surface area contributed by atoms with Crippen molar-refractivity contribution in [3.63, 3.8) is 0 Å². The van der Waals surface area contributed by atoms with Gasteiger partial charge in [-0.2, -0.15) is 10.2 Å². The van der Waals surface area contributed by atoms with E-state index in [1.807, 2.05) is 36.4 Å². The first-order chi connectivity index (χ1) is 40.8. The van der Waals surface area contributed by atoms with Gasteiger partial charge in [0.15, 0.2) is 5.78 Å². The van der Waals surface area contributed by atoms with Gasteiger partial charge in [0.1, 0.15) is 17.1 Å². The molecule has 77 heavy (non-hydrogen) atoms. The fourth-order valence-electron chi connectivity index (χ4n) is 9.47. The van der Waals surface area contributed by atoms with Gasteiger partial charge in [0.05, 0.1) is 33.5 Å². The summed E-state index contributed by atoms with van der Waals surface area (Å²) in [6.07, 6.45) is -5.89. The quantitative estimate of drug-likeness (QED) is 0.0898. The predicted molar refractivity (Wildman–Crippen MR) is 284 cm³/mol. The molecular weight excluding hydrogens is 1000 g/mol. The van der Waals surface area contributed by atoms with Gasteiger partial charge >= 0.3 is 18.7 Å². The van der Waals surface area contributed by atoms with Gasteiger partial charge in [0, 0.05) is 71.1 Å². The van der Waals surface area contributed by atoms with E-state index in [2.05, 4.69) is 41.6 Å². The molecule has 0 amide bonds. The summed E-state index contributed by atoms with van der Waals surface area (Å²) in [5, 5.41) is 16.9. The Hall–Kier alpha value is -7.86. The van der Waals surface area contributed by atoms with Crippen LogP contribution in [0.3, 0.4) is 0 Å². The fourth-order valence-corrected chi connectivity index (χ4v) is 9.47. The van der Waals surface area contributed by atoms with E-state index in [0.29, 0.717) is 30.0 Å². The maximum atomic E-state index is 13.3. The number of carbonyl (C=O) groups is 2. The molecule has 2 aliphatic heterocycles. The standard InChI is InChI=1S/C30H30F3N3O2.C19H21F3N2O.C10H10N2O2/c1-20-13-18-36-27(19-20)29(21(2)34-36)28(37)12-5-22-3-8-25(9-4-22)35-16-14-24(15-17-35)23-6-10-26(11-7-23)38-30(31,32)33;20-19(21,22)25-18-7-3-15(4-8-18)16-9-11-24(12-10-16)17-5-1-14(13-23)2-6-17;1-6-3-4-12-8(5-6)9(10(13)14)7(2)11-12/h3-4,6-11,13,18-19,24H,5,12,14-17H2,1-2H3;1-8,16H,9-13,23H2;3-5H,1-2H3,(H,13,14)/i2D3,13D,18D;;2D3,3D,4D. The van der Waals surface area contributed by atoms with Crippen LogP contribution in [0.4, 0.5) is 37.7 Å². The zero-order chi connectivity index (χ0) is 63.5. The summed E-state index contributed by atoms with van der Waals surface area (Å²) in [5.74, 6) is -1.61. The number of anilines is 2. The number of carbonyl (C=O) groups excluding carboxylic acids is 1. The summed E-state index contributed by atoms with van der Waals surface area (Å²) < 4.78 is 161. The first-order valence-corrected chi connectivity index (χ1v) is 24.7. The number of Topliss-reactive ketones (excluding diaryl/α,β-unsaturated/α-hetero) is 1. The van der Waals surface area contributed by atoms with Crippen LogP contribution in [0.2, 0.25) is 0 Å². The van der Waals surface area contributed by atoms with Gasteiger partial charge in [0.25, 0.3) is 0 Å². The van der Waals surface area contributed by atoms with Crippen molar-refractivity contribution in [2.75, 3.05) is 36.0 Å². The highest BCUT2D eigenvalue weighted by Gasteiger charge is 2.32. The van der Waals surface area contributed by atoms with Crippen LogP contribution in [0.25, 0.3) is 11.0 Å². The van der Waals surface area contributed by atoms with E-state index in [-0.39, 0.29) is 76.3 Å². The molecule has 8 aromatic rings. The van der Waals surface area contributed by atoms with Crippen molar-refractivity contribution in [1.82, 2.24) is 19.2 Å². The van der Waals surface area contributed by atoms with Gasteiger partial charge in [-0.25, -0.2) is 13.8 Å². The van der Waals surface area contributed by atoms with E-state index in [1.165, 1.54) is 42.1 Å². The molecule has 0 bridgehead atoms. The third-order valence-electron chi connectivity index (χ3n) is 13.4. The number of ether oxygens (including phenoxy) is 2. The molecule has 2 fully saturated rings. The van der Waals surface area contributed by atoms with Crippen molar-refractivity contribution in [1.29, 1.82) is 0 Å². The Kier molecular flexibility index (Phi) is 13.5. The van der Waals surface area contributed by atoms with Gasteiger partial charge in [-0.05, 0) is 178 Å². The van der Waals surface area contributed by atoms with Crippen LogP contribution in [-0.2, 0) is 13.0 Å². The van der Waals surface area contributed by atoms with Crippen molar-refractivity contribution < 1.29 is 64.2 Å². The molecule has 3 N–H and O–H groups in total. The minimum atomic E-state index is -4.71. The van der Waals surface area contributed by atoms with Crippen LogP contribution >= 0.6 is 0 Å². The summed E-state index contributed by atoms with van der Waals surface area (Å²) in [6.45, 7) is 1.79. The van der Waals surface area contributed by atoms with Gasteiger partial charge in [-0.3, -0.25) is 4.79 Å². The Morgan fingerprint density at radius 2 is 1.04 bits per heavy atom. The summed E-state index contributed by atoms with van der Waals surface area (Å²) in [7, 11) is 0. The molecule has 12 nitrogen and oxygen atoms in total. The summed E-state index contributed by atoms with van der Waals surface area (Å²) >= 11 is 0. The number of alkyl halides is 6. The molecule has 0 aliphatic carbocycles. The Morgan fingerprint density at radius 3 is 1.43 bits per heavy atom. The summed E-state index contributed by atoms with van der Waals surface area (Å²) in [5.41, 5.74) is 11.6. The molecular formula is C59H61F6N7O5. The molecule has 0 spiro atoms. The predicted octanol–water partition coefficient (Wildman–Crippen LogP) is 13.1. The average Bonchev–Trinajstić information content (AvgIpc) is 1.80. The molecule has 10 rings (SSSR count). The molecule has 18 heteroatoms. The lowest BCUT2D eigenvalue weighted by molar-refractivity contribution is -0.275. The highest BCUT2D eigenvalue weighted by molar-refractivity contribution is 6.03. The number of fused-ring (bicyclic) bond motifs is 2. The van der Waals surface area contributed by atoms with Gasteiger partial charge in [-0.1, -0.05) is 48.5 Å². The van der Waals surface area contributed by atoms with Crippen LogP contribution in [-0.4, -0.2) is 75.0 Å². The van der Waals surface area contributed by atoms with Crippen LogP contribution < -0.4 is 25.0 Å². The number of piperidine rings is 2. The number of hydrogen-bond acceptors (Lipinski definition) is 9. The van der Waals surface area contributed by atoms with Crippen molar-refractivity contribution in [2.24, 2.45) is 5.73 Å². The molecule has 0 radical (unpaired) electrons. The number of benzene rings is 4. The number of aryl methyl sites for hydroxylation is 5. The Bertz CT molecular complexity index is 3730. The van der Waals surface area contributed by atoms with Gasteiger partial charge in [0.2, 0.25) is 0 Å². The van der Waals surface area contributed by atoms with E-state index in [4.69, 9.17) is 24.5 Å². The topological polar surface area (TPSA) is 140 Å². The van der Waals surface area contributed by atoms with Crippen molar-refractivity contribution in [3.05, 3.63) is 190 Å². The second-order valence-electron chi connectivity index (χ2n) is 18.7. The van der Waals surface area contributed by atoms with Crippen molar-refractivity contribution >= 4 is 34.2 Å². The maximum Gasteiger partial charge on any atom is 0.573 e. The van der Waals surface area contributed by atoms with Gasteiger partial charge in [-0.15, -0.1) is 26.3 Å². The molecule has 404 valence electrons. The van der Waals surface area contributed by atoms with Crippen LogP contribution in [0.1, 0.15) is 123 Å². The zero-order valence-electron chi connectivity index (χ0n) is 51.9. The number of aromatic nitrogens is 4. The molecule has 4 aromatic carbocycles. The number of halogens is 6. The number of pyridine rings is 2. The van der Waals surface area contributed by atoms with Crippen LogP contribution in [0.5, 0.6) is 11.5 Å². The van der Waals surface area contributed by atoms with E-state index in [0.717, 1.165) is 88.8 Å². The van der Waals surface area contributed by atoms with Gasteiger partial charge < -0.3 is 30.1 Å². The third-order valence-corrected chi connectivity index (χ3v) is 13.4. The van der Waals surface area contributed by atoms with Crippen molar-refractivity contribution in [2.45, 2.75) is 97.2 Å². The number of ketones is 1. The zero-order valence-corrected chi connectivity index (χ0v) is 41.9. The highest BCUT2D eigenvalue weighted by atomic mass is 19.4. The van der Waals surface area contributed by atoms with Crippen molar-refractivity contribution in [3.8, 4) is 11.5 Å². The largest absolute Gasteiger partial charge is 0.573 e. The third kappa shape index (κ3) is 14.5. The molecule has 0 saturated carbocycles. The lowest BCUT2D eigenvalue weighted by Gasteiger charge is -2.34. The summed E-state index contributed by atoms with van der Waals surface area (Å²) in [4.78, 5) is 29.1. The van der Waals surface area contributed by atoms with Crippen LogP contribution in [0, 0.1) is 27.6 Å². The first-order valence-electron chi connectivity index (χ1n) is 29.7. The molecule has 2 saturated heterocycles. The average molecular weight is 1070 g/mol. The second kappa shape index (κ2) is 24.0. The monoisotopic (exact) mass is 1070 g/mol. The number of aromatic carboxylic acids is 1. The Morgan fingerprint density at radius 1 is 0.636 bits per heavy atom. The number of hydrogen-bond donors (Lipinski definition) is 2. The van der Waals surface area contributed by atoms with E-state index in [1.54, 1.807) is 38.1 Å².